The molecule has 5 heteroatoms. The summed E-state index contributed by atoms with van der Waals surface area (Å²) in [6.45, 7) is 10.6. The van der Waals surface area contributed by atoms with Gasteiger partial charge in [0.1, 0.15) is 0 Å². The molecule has 0 aromatic heterocycles. The topological polar surface area (TPSA) is 93.2 Å². The van der Waals surface area contributed by atoms with Crippen molar-refractivity contribution in [2.24, 2.45) is 5.92 Å². The van der Waals surface area contributed by atoms with Gasteiger partial charge >= 0.3 is 0 Å². The lowest BCUT2D eigenvalue weighted by atomic mass is 9.84. The average molecular weight is 390 g/mol. The summed E-state index contributed by atoms with van der Waals surface area (Å²) in [6, 6.07) is -0.0821. The summed E-state index contributed by atoms with van der Waals surface area (Å²) < 4.78 is 5.90. The van der Waals surface area contributed by atoms with Crippen molar-refractivity contribution in [3.05, 3.63) is 0 Å². The molecular formula is C22H47NO4. The Labute approximate surface area is 167 Å². The Morgan fingerprint density at radius 1 is 0.926 bits per heavy atom. The van der Waals surface area contributed by atoms with Gasteiger partial charge in [-0.3, -0.25) is 0 Å². The Balaban J connectivity index is 0.00000676. The molecular weight excluding hydrogens is 342 g/mol. The molecule has 0 saturated carbocycles. The third-order valence-electron chi connectivity index (χ3n) is 6.03. The highest BCUT2D eigenvalue weighted by atomic mass is 16.5. The van der Waals surface area contributed by atoms with Gasteiger partial charge in [0, 0.05) is 11.5 Å². The van der Waals surface area contributed by atoms with Crippen LogP contribution in [0.25, 0.3) is 0 Å². The summed E-state index contributed by atoms with van der Waals surface area (Å²) in [7, 11) is 0. The van der Waals surface area contributed by atoms with E-state index >= 15 is 0 Å². The molecule has 1 aliphatic rings. The lowest BCUT2D eigenvalue weighted by Gasteiger charge is -2.45. The molecule has 0 aliphatic carbocycles. The van der Waals surface area contributed by atoms with E-state index in [-0.39, 0.29) is 41.8 Å². The number of rotatable bonds is 13. The normalized spacial score (nSPS) is 28.8. The van der Waals surface area contributed by atoms with Crippen LogP contribution in [0.15, 0.2) is 0 Å². The van der Waals surface area contributed by atoms with Crippen molar-refractivity contribution < 1.29 is 20.4 Å². The second-order valence-corrected chi connectivity index (χ2v) is 9.04. The Bertz CT molecular complexity index is 364. The van der Waals surface area contributed by atoms with Crippen LogP contribution in [0.3, 0.4) is 0 Å². The SMILES string of the molecule is CCCCCCCCCCCC(C)(C)NC1[C@H](C)OC(CO)[C@@H](C)[C@H]1O.O. The van der Waals surface area contributed by atoms with Gasteiger partial charge in [-0.1, -0.05) is 71.6 Å². The Morgan fingerprint density at radius 2 is 1.44 bits per heavy atom. The summed E-state index contributed by atoms with van der Waals surface area (Å²) in [6.07, 6.45) is 12.4. The van der Waals surface area contributed by atoms with Crippen molar-refractivity contribution >= 4 is 0 Å². The molecule has 1 aliphatic heterocycles. The van der Waals surface area contributed by atoms with Crippen LogP contribution in [0.2, 0.25) is 0 Å². The fourth-order valence-corrected chi connectivity index (χ4v) is 4.12. The molecule has 27 heavy (non-hydrogen) atoms. The van der Waals surface area contributed by atoms with E-state index < -0.39 is 6.10 Å². The molecule has 1 heterocycles. The van der Waals surface area contributed by atoms with Gasteiger partial charge in [-0.05, 0) is 27.2 Å². The van der Waals surface area contributed by atoms with Crippen molar-refractivity contribution in [2.75, 3.05) is 6.61 Å². The first-order valence-corrected chi connectivity index (χ1v) is 11.0. The molecule has 2 unspecified atom stereocenters. The van der Waals surface area contributed by atoms with Crippen LogP contribution in [-0.2, 0) is 4.74 Å². The lowest BCUT2D eigenvalue weighted by molar-refractivity contribution is -0.160. The molecule has 0 radical (unpaired) electrons. The molecule has 0 aromatic rings. The average Bonchev–Trinajstić information content (AvgIpc) is 2.60. The molecule has 164 valence electrons. The van der Waals surface area contributed by atoms with Gasteiger partial charge in [-0.25, -0.2) is 0 Å². The highest BCUT2D eigenvalue weighted by molar-refractivity contribution is 4.96. The van der Waals surface area contributed by atoms with E-state index in [1.165, 1.54) is 57.8 Å². The third-order valence-corrected chi connectivity index (χ3v) is 6.03. The van der Waals surface area contributed by atoms with Crippen LogP contribution in [0.4, 0.5) is 0 Å². The number of ether oxygens (including phenoxy) is 1. The molecule has 0 bridgehead atoms. The Hall–Kier alpha value is -0.200. The van der Waals surface area contributed by atoms with Gasteiger partial charge in [-0.2, -0.15) is 0 Å². The van der Waals surface area contributed by atoms with Gasteiger partial charge in [0.05, 0.1) is 31.0 Å². The lowest BCUT2D eigenvalue weighted by Crippen LogP contribution is -2.63. The predicted octanol–water partition coefficient (Wildman–Crippen LogP) is 3.60. The van der Waals surface area contributed by atoms with Crippen molar-refractivity contribution in [1.82, 2.24) is 5.32 Å². The Morgan fingerprint density at radius 3 is 1.96 bits per heavy atom. The van der Waals surface area contributed by atoms with Crippen molar-refractivity contribution in [3.8, 4) is 0 Å². The fraction of sp³-hybridized carbons (Fsp3) is 1.00. The first-order chi connectivity index (χ1) is 12.3. The monoisotopic (exact) mass is 389 g/mol. The second-order valence-electron chi connectivity index (χ2n) is 9.04. The first kappa shape index (κ1) is 26.8. The summed E-state index contributed by atoms with van der Waals surface area (Å²) in [5, 5.41) is 23.7. The van der Waals surface area contributed by atoms with Crippen LogP contribution in [0.1, 0.15) is 98.8 Å². The minimum absolute atomic E-state index is 0. The zero-order chi connectivity index (χ0) is 19.6. The Kier molecular flexibility index (Phi) is 13.8. The maximum absolute atomic E-state index is 10.6. The summed E-state index contributed by atoms with van der Waals surface area (Å²) in [5.74, 6) is -0.0581. The number of nitrogens with one attached hydrogen (secondary N) is 1. The molecule has 5 N–H and O–H groups in total. The van der Waals surface area contributed by atoms with Gasteiger partial charge in [-0.15, -0.1) is 0 Å². The van der Waals surface area contributed by atoms with Crippen molar-refractivity contribution in [1.29, 1.82) is 0 Å². The number of aliphatic hydroxyl groups is 2. The number of unbranched alkanes of at least 4 members (excludes halogenated alkanes) is 8. The van der Waals surface area contributed by atoms with E-state index in [1.54, 1.807) is 0 Å². The standard InChI is InChI=1S/C22H45NO3.H2O/c1-6-7-8-9-10-11-12-13-14-15-22(4,5)23-20-18(3)26-19(16-24)17(2)21(20)25;/h17-21,23-25H,6-16H2,1-5H3;1H2/t17-,18+,19?,20?,21-;/m1./s1. The summed E-state index contributed by atoms with van der Waals surface area (Å²) in [5.41, 5.74) is -0.0177. The van der Waals surface area contributed by atoms with Crippen molar-refractivity contribution in [3.63, 3.8) is 0 Å². The fourth-order valence-electron chi connectivity index (χ4n) is 4.12. The summed E-state index contributed by atoms with van der Waals surface area (Å²) >= 11 is 0. The van der Waals surface area contributed by atoms with Crippen LogP contribution in [0.5, 0.6) is 0 Å². The van der Waals surface area contributed by atoms with E-state index in [0.717, 1.165) is 6.42 Å². The van der Waals surface area contributed by atoms with Gasteiger partial charge in [0.2, 0.25) is 0 Å². The number of hydrogen-bond acceptors (Lipinski definition) is 4. The molecule has 5 nitrogen and oxygen atoms in total. The van der Waals surface area contributed by atoms with Gasteiger partial charge in [0.15, 0.2) is 0 Å². The minimum atomic E-state index is -0.488. The molecule has 5 atom stereocenters. The zero-order valence-electron chi connectivity index (χ0n) is 18.5. The van der Waals surface area contributed by atoms with E-state index in [0.29, 0.717) is 0 Å². The van der Waals surface area contributed by atoms with Crippen molar-refractivity contribution in [2.45, 2.75) is 129 Å². The van der Waals surface area contributed by atoms with E-state index in [4.69, 9.17) is 4.74 Å². The van der Waals surface area contributed by atoms with E-state index in [2.05, 4.69) is 26.1 Å². The predicted molar refractivity (Wildman–Crippen MR) is 113 cm³/mol. The largest absolute Gasteiger partial charge is 0.412 e. The first-order valence-electron chi connectivity index (χ1n) is 11.0. The number of aliphatic hydroxyl groups excluding tert-OH is 2. The van der Waals surface area contributed by atoms with Crippen LogP contribution < -0.4 is 5.32 Å². The smallest absolute Gasteiger partial charge is 0.0860 e. The molecule has 0 amide bonds. The highest BCUT2D eigenvalue weighted by Gasteiger charge is 2.42. The van der Waals surface area contributed by atoms with Crippen LogP contribution in [0, 0.1) is 5.92 Å². The summed E-state index contributed by atoms with van der Waals surface area (Å²) in [4.78, 5) is 0. The minimum Gasteiger partial charge on any atom is -0.412 e. The van der Waals surface area contributed by atoms with E-state index in [1.807, 2.05) is 13.8 Å². The third kappa shape index (κ3) is 9.71. The van der Waals surface area contributed by atoms with E-state index in [9.17, 15) is 10.2 Å². The van der Waals surface area contributed by atoms with Gasteiger partial charge < -0.3 is 25.7 Å². The molecule has 0 aromatic carbocycles. The maximum Gasteiger partial charge on any atom is 0.0860 e. The number of hydrogen-bond donors (Lipinski definition) is 3. The molecule has 0 spiro atoms. The quantitative estimate of drug-likeness (QED) is 0.420. The second kappa shape index (κ2) is 13.9. The highest BCUT2D eigenvalue weighted by Crippen LogP contribution is 2.28. The van der Waals surface area contributed by atoms with Crippen LogP contribution >= 0.6 is 0 Å². The maximum atomic E-state index is 10.6. The zero-order valence-corrected chi connectivity index (χ0v) is 18.5. The van der Waals surface area contributed by atoms with Gasteiger partial charge in [0.25, 0.3) is 0 Å². The molecule has 1 saturated heterocycles. The van der Waals surface area contributed by atoms with Crippen LogP contribution in [-0.4, -0.2) is 52.2 Å². The molecule has 1 fully saturated rings. The molecule has 1 rings (SSSR count).